The Balaban J connectivity index is 2.23. The Bertz CT molecular complexity index is 190. The van der Waals surface area contributed by atoms with Crippen molar-refractivity contribution in [1.82, 2.24) is 4.90 Å². The van der Waals surface area contributed by atoms with E-state index < -0.39 is 0 Å². The smallest absolute Gasteiger partial charge is 0.0700 e. The van der Waals surface area contributed by atoms with E-state index in [0.717, 1.165) is 32.5 Å². The van der Waals surface area contributed by atoms with E-state index in [2.05, 4.69) is 4.90 Å². The fourth-order valence-electron chi connectivity index (χ4n) is 2.43. The Labute approximate surface area is 105 Å². The van der Waals surface area contributed by atoms with Gasteiger partial charge in [0, 0.05) is 19.7 Å². The summed E-state index contributed by atoms with van der Waals surface area (Å²) in [7, 11) is 1.68. The van der Waals surface area contributed by atoms with Crippen LogP contribution in [0.5, 0.6) is 0 Å². The number of aliphatic hydroxyl groups excluding tert-OH is 1. The highest BCUT2D eigenvalue weighted by atomic mass is 16.5. The molecule has 0 aromatic heterocycles. The molecule has 1 aliphatic rings. The second-order valence-electron chi connectivity index (χ2n) is 4.68. The molecule has 0 bridgehead atoms. The van der Waals surface area contributed by atoms with Gasteiger partial charge in [-0.3, -0.25) is 4.90 Å². The van der Waals surface area contributed by atoms with Gasteiger partial charge in [-0.05, 0) is 25.8 Å². The molecule has 0 spiro atoms. The molecule has 102 valence electrons. The van der Waals surface area contributed by atoms with Crippen LogP contribution in [0.4, 0.5) is 0 Å². The Hall–Kier alpha value is -0.160. The monoisotopic (exact) mass is 245 g/mol. The maximum atomic E-state index is 9.99. The van der Waals surface area contributed by atoms with Crippen molar-refractivity contribution in [2.45, 2.75) is 44.8 Å². The highest BCUT2D eigenvalue weighted by molar-refractivity contribution is 4.82. The lowest BCUT2D eigenvalue weighted by atomic mass is 9.96. The highest BCUT2D eigenvalue weighted by Gasteiger charge is 2.27. The summed E-state index contributed by atoms with van der Waals surface area (Å²) < 4.78 is 10.4. The summed E-state index contributed by atoms with van der Waals surface area (Å²) in [5.74, 6) is 0. The molecule has 1 aliphatic heterocycles. The zero-order valence-electron chi connectivity index (χ0n) is 11.2. The predicted octanol–water partition coefficient (Wildman–Crippen LogP) is 1.27. The first kappa shape index (κ1) is 14.9. The van der Waals surface area contributed by atoms with Gasteiger partial charge in [-0.15, -0.1) is 0 Å². The molecule has 1 rings (SSSR count). The standard InChI is InChI=1S/C13H27NO3/c1-3-13(15)12-6-4-5-7-14(12)8-9-17-11-10-16-2/h12-13,15H,3-11H2,1-2H3. The van der Waals surface area contributed by atoms with Crippen LogP contribution in [0.25, 0.3) is 0 Å². The van der Waals surface area contributed by atoms with Gasteiger partial charge in [-0.25, -0.2) is 0 Å². The minimum Gasteiger partial charge on any atom is -0.392 e. The van der Waals surface area contributed by atoms with Gasteiger partial charge < -0.3 is 14.6 Å². The van der Waals surface area contributed by atoms with Crippen LogP contribution in [0.3, 0.4) is 0 Å². The molecule has 1 fully saturated rings. The van der Waals surface area contributed by atoms with Crippen molar-refractivity contribution in [3.8, 4) is 0 Å². The molecule has 4 nitrogen and oxygen atoms in total. The maximum Gasteiger partial charge on any atom is 0.0700 e. The van der Waals surface area contributed by atoms with Crippen LogP contribution in [-0.4, -0.2) is 62.2 Å². The summed E-state index contributed by atoms with van der Waals surface area (Å²) >= 11 is 0. The molecule has 2 unspecified atom stereocenters. The topological polar surface area (TPSA) is 41.9 Å². The van der Waals surface area contributed by atoms with E-state index in [1.165, 1.54) is 12.8 Å². The first-order valence-electron chi connectivity index (χ1n) is 6.78. The Kier molecular flexibility index (Phi) is 7.77. The van der Waals surface area contributed by atoms with E-state index in [0.29, 0.717) is 19.3 Å². The lowest BCUT2D eigenvalue weighted by Crippen LogP contribution is -2.47. The second-order valence-corrected chi connectivity index (χ2v) is 4.68. The third-order valence-electron chi connectivity index (χ3n) is 3.48. The largest absolute Gasteiger partial charge is 0.392 e. The molecule has 0 amide bonds. The molecule has 4 heteroatoms. The van der Waals surface area contributed by atoms with Crippen molar-refractivity contribution in [2.24, 2.45) is 0 Å². The van der Waals surface area contributed by atoms with Crippen LogP contribution < -0.4 is 0 Å². The number of nitrogens with zero attached hydrogens (tertiary/aromatic N) is 1. The van der Waals surface area contributed by atoms with E-state index in [-0.39, 0.29) is 6.10 Å². The zero-order chi connectivity index (χ0) is 12.5. The van der Waals surface area contributed by atoms with Crippen molar-refractivity contribution >= 4 is 0 Å². The summed E-state index contributed by atoms with van der Waals surface area (Å²) in [5.41, 5.74) is 0. The number of rotatable bonds is 8. The molecule has 1 saturated heterocycles. The van der Waals surface area contributed by atoms with E-state index >= 15 is 0 Å². The molecule has 17 heavy (non-hydrogen) atoms. The second kappa shape index (κ2) is 8.86. The molecule has 0 aliphatic carbocycles. The van der Waals surface area contributed by atoms with Crippen LogP contribution in [0.15, 0.2) is 0 Å². The number of likely N-dealkylation sites (tertiary alicyclic amines) is 1. The van der Waals surface area contributed by atoms with Crippen LogP contribution in [0.2, 0.25) is 0 Å². The minimum absolute atomic E-state index is 0.186. The summed E-state index contributed by atoms with van der Waals surface area (Å²) in [6.07, 6.45) is 4.25. The zero-order valence-corrected chi connectivity index (χ0v) is 11.2. The third-order valence-corrected chi connectivity index (χ3v) is 3.48. The van der Waals surface area contributed by atoms with Gasteiger partial charge in [0.2, 0.25) is 0 Å². The van der Waals surface area contributed by atoms with Gasteiger partial charge in [-0.1, -0.05) is 13.3 Å². The molecular formula is C13H27NO3. The minimum atomic E-state index is -0.186. The molecule has 0 aromatic carbocycles. The van der Waals surface area contributed by atoms with Crippen molar-refractivity contribution in [3.05, 3.63) is 0 Å². The number of aliphatic hydroxyl groups is 1. The summed E-state index contributed by atoms with van der Waals surface area (Å²) in [6, 6.07) is 0.333. The highest BCUT2D eigenvalue weighted by Crippen LogP contribution is 2.20. The SMILES string of the molecule is CCC(O)C1CCCCN1CCOCCOC. The number of hydrogen-bond acceptors (Lipinski definition) is 4. The van der Waals surface area contributed by atoms with Gasteiger partial charge in [0.1, 0.15) is 0 Å². The lowest BCUT2D eigenvalue weighted by molar-refractivity contribution is -0.000245. The molecule has 0 aromatic rings. The molecule has 2 atom stereocenters. The molecule has 0 radical (unpaired) electrons. The van der Waals surface area contributed by atoms with Gasteiger partial charge in [0.05, 0.1) is 25.9 Å². The molecular weight excluding hydrogens is 218 g/mol. The first-order chi connectivity index (χ1) is 8.29. The predicted molar refractivity (Wildman–Crippen MR) is 68.2 cm³/mol. The van der Waals surface area contributed by atoms with Gasteiger partial charge in [-0.2, -0.15) is 0 Å². The van der Waals surface area contributed by atoms with Crippen LogP contribution >= 0.6 is 0 Å². The van der Waals surface area contributed by atoms with Crippen LogP contribution in [0.1, 0.15) is 32.6 Å². The Morgan fingerprint density at radius 3 is 2.82 bits per heavy atom. The average molecular weight is 245 g/mol. The fraction of sp³-hybridized carbons (Fsp3) is 1.00. The van der Waals surface area contributed by atoms with Crippen LogP contribution in [0, 0.1) is 0 Å². The van der Waals surface area contributed by atoms with Crippen molar-refractivity contribution < 1.29 is 14.6 Å². The lowest BCUT2D eigenvalue weighted by Gasteiger charge is -2.38. The first-order valence-corrected chi connectivity index (χ1v) is 6.78. The van der Waals surface area contributed by atoms with E-state index in [4.69, 9.17) is 9.47 Å². The van der Waals surface area contributed by atoms with E-state index in [1.807, 2.05) is 6.92 Å². The van der Waals surface area contributed by atoms with E-state index in [9.17, 15) is 5.11 Å². The normalized spacial score (nSPS) is 23.8. The number of piperidine rings is 1. The van der Waals surface area contributed by atoms with Gasteiger partial charge >= 0.3 is 0 Å². The van der Waals surface area contributed by atoms with Gasteiger partial charge in [0.15, 0.2) is 0 Å². The number of ether oxygens (including phenoxy) is 2. The molecule has 1 heterocycles. The van der Waals surface area contributed by atoms with Crippen molar-refractivity contribution in [2.75, 3.05) is 40.0 Å². The molecule has 1 N–H and O–H groups in total. The Morgan fingerprint density at radius 2 is 2.12 bits per heavy atom. The Morgan fingerprint density at radius 1 is 1.29 bits per heavy atom. The summed E-state index contributed by atoms with van der Waals surface area (Å²) in [5, 5.41) is 9.99. The van der Waals surface area contributed by atoms with E-state index in [1.54, 1.807) is 7.11 Å². The van der Waals surface area contributed by atoms with Gasteiger partial charge in [0.25, 0.3) is 0 Å². The fourth-order valence-corrected chi connectivity index (χ4v) is 2.43. The van der Waals surface area contributed by atoms with Crippen molar-refractivity contribution in [3.63, 3.8) is 0 Å². The summed E-state index contributed by atoms with van der Waals surface area (Å²) in [6.45, 7) is 6.11. The van der Waals surface area contributed by atoms with Crippen molar-refractivity contribution in [1.29, 1.82) is 0 Å². The third kappa shape index (κ3) is 5.34. The number of methoxy groups -OCH3 is 1. The number of hydrogen-bond donors (Lipinski definition) is 1. The van der Waals surface area contributed by atoms with Crippen LogP contribution in [-0.2, 0) is 9.47 Å². The maximum absolute atomic E-state index is 9.99. The average Bonchev–Trinajstić information content (AvgIpc) is 2.38. The quantitative estimate of drug-likeness (QED) is 0.654. The molecule has 0 saturated carbocycles. The summed E-state index contributed by atoms with van der Waals surface area (Å²) in [4.78, 5) is 2.38.